The first-order valence-electron chi connectivity index (χ1n) is 2.97. The molecule has 0 aromatic carbocycles. The van der Waals surface area contributed by atoms with Crippen molar-refractivity contribution in [2.45, 2.75) is 19.8 Å². The lowest BCUT2D eigenvalue weighted by Gasteiger charge is -2.00. The van der Waals surface area contributed by atoms with Crippen molar-refractivity contribution in [1.82, 2.24) is 5.01 Å². The predicted molar refractivity (Wildman–Crippen MR) is 37.1 cm³/mol. The molecule has 0 rings (SSSR count). The van der Waals surface area contributed by atoms with Gasteiger partial charge in [-0.1, -0.05) is 13.3 Å². The van der Waals surface area contributed by atoms with E-state index in [1.807, 2.05) is 20.3 Å². The molecule has 0 atom stereocenters. The number of hydrogen-bond donors (Lipinski definition) is 0. The molecule has 0 N–H and O–H groups in total. The Morgan fingerprint density at radius 1 is 1.50 bits per heavy atom. The lowest BCUT2D eigenvalue weighted by Crippen LogP contribution is -2.01. The molecule has 0 bridgehead atoms. The molecule has 0 heterocycles. The minimum Gasteiger partial charge on any atom is -0.303 e. The Balaban J connectivity index is 3.07. The van der Waals surface area contributed by atoms with Gasteiger partial charge in [0.1, 0.15) is 0 Å². The molecule has 0 aliphatic rings. The van der Waals surface area contributed by atoms with Crippen LogP contribution in [0.15, 0.2) is 5.10 Å². The van der Waals surface area contributed by atoms with Gasteiger partial charge in [-0.05, 0) is 6.42 Å². The minimum atomic E-state index is 1.08. The van der Waals surface area contributed by atoms with Crippen molar-refractivity contribution in [3.63, 3.8) is 0 Å². The van der Waals surface area contributed by atoms with Crippen LogP contribution < -0.4 is 0 Å². The SMILES string of the molecule is CCCC=NN(C)C. The maximum Gasteiger partial charge on any atom is 0.0244 e. The fraction of sp³-hybridized carbons (Fsp3) is 0.833. The van der Waals surface area contributed by atoms with Crippen LogP contribution in [-0.4, -0.2) is 25.3 Å². The molecule has 0 radical (unpaired) electrons. The average Bonchev–Trinajstić information content (AvgIpc) is 1.66. The summed E-state index contributed by atoms with van der Waals surface area (Å²) in [6.45, 7) is 2.14. The molecule has 0 saturated carbocycles. The molecule has 8 heavy (non-hydrogen) atoms. The summed E-state index contributed by atoms with van der Waals surface area (Å²) < 4.78 is 0. The average molecular weight is 114 g/mol. The van der Waals surface area contributed by atoms with E-state index in [4.69, 9.17) is 0 Å². The van der Waals surface area contributed by atoms with Crippen LogP contribution in [0, 0.1) is 0 Å². The molecule has 0 aliphatic carbocycles. The fourth-order valence-electron chi connectivity index (χ4n) is 0.350. The highest BCUT2D eigenvalue weighted by atomic mass is 15.4. The molecule has 48 valence electrons. The highest BCUT2D eigenvalue weighted by Gasteiger charge is 1.74. The molecular weight excluding hydrogens is 100 g/mol. The number of hydrazone groups is 1. The third kappa shape index (κ3) is 5.47. The van der Waals surface area contributed by atoms with Crippen LogP contribution in [0.2, 0.25) is 0 Å². The Labute approximate surface area is 51.2 Å². The summed E-state index contributed by atoms with van der Waals surface area (Å²) in [5.41, 5.74) is 0. The van der Waals surface area contributed by atoms with Crippen molar-refractivity contribution in [2.75, 3.05) is 14.1 Å². The molecule has 0 unspecified atom stereocenters. The van der Waals surface area contributed by atoms with Gasteiger partial charge >= 0.3 is 0 Å². The molecule has 0 saturated heterocycles. The van der Waals surface area contributed by atoms with Gasteiger partial charge in [-0.3, -0.25) is 0 Å². The summed E-state index contributed by atoms with van der Waals surface area (Å²) in [6, 6.07) is 0. The largest absolute Gasteiger partial charge is 0.303 e. The maximum absolute atomic E-state index is 4.02. The number of nitrogens with zero attached hydrogens (tertiary/aromatic N) is 2. The van der Waals surface area contributed by atoms with Crippen molar-refractivity contribution in [3.05, 3.63) is 0 Å². The maximum atomic E-state index is 4.02. The molecular formula is C6H14N2. The van der Waals surface area contributed by atoms with E-state index in [1.165, 1.54) is 6.42 Å². The van der Waals surface area contributed by atoms with Crippen LogP contribution in [0.25, 0.3) is 0 Å². The van der Waals surface area contributed by atoms with Crippen LogP contribution in [0.1, 0.15) is 19.8 Å². The van der Waals surface area contributed by atoms with E-state index in [-0.39, 0.29) is 0 Å². The van der Waals surface area contributed by atoms with E-state index in [9.17, 15) is 0 Å². The Morgan fingerprint density at radius 3 is 2.50 bits per heavy atom. The molecule has 0 amide bonds. The quantitative estimate of drug-likeness (QED) is 0.399. The summed E-state index contributed by atoms with van der Waals surface area (Å²) in [6.07, 6.45) is 4.19. The predicted octanol–water partition coefficient (Wildman–Crippen LogP) is 1.33. The third-order valence-electron chi connectivity index (χ3n) is 0.730. The van der Waals surface area contributed by atoms with Gasteiger partial charge in [0, 0.05) is 20.3 Å². The van der Waals surface area contributed by atoms with Gasteiger partial charge in [0.15, 0.2) is 0 Å². The van der Waals surface area contributed by atoms with Gasteiger partial charge in [-0.25, -0.2) is 0 Å². The van der Waals surface area contributed by atoms with Gasteiger partial charge in [-0.2, -0.15) is 5.10 Å². The lowest BCUT2D eigenvalue weighted by molar-refractivity contribution is 0.439. The number of rotatable bonds is 3. The van der Waals surface area contributed by atoms with E-state index in [0.717, 1.165) is 6.42 Å². The molecule has 0 fully saturated rings. The van der Waals surface area contributed by atoms with Gasteiger partial charge in [-0.15, -0.1) is 0 Å². The van der Waals surface area contributed by atoms with Crippen LogP contribution in [0.4, 0.5) is 0 Å². The molecule has 0 spiro atoms. The van der Waals surface area contributed by atoms with Crippen LogP contribution >= 0.6 is 0 Å². The number of unbranched alkanes of at least 4 members (excludes halogenated alkanes) is 1. The standard InChI is InChI=1S/C6H14N2/c1-4-5-6-7-8(2)3/h6H,4-5H2,1-3H3. The lowest BCUT2D eigenvalue weighted by atomic mass is 10.4. The first kappa shape index (κ1) is 7.47. The number of hydrogen-bond acceptors (Lipinski definition) is 2. The summed E-state index contributed by atoms with van der Waals surface area (Å²) in [5.74, 6) is 0. The Morgan fingerprint density at radius 2 is 2.12 bits per heavy atom. The zero-order valence-corrected chi connectivity index (χ0v) is 5.89. The van der Waals surface area contributed by atoms with E-state index >= 15 is 0 Å². The molecule has 0 aliphatic heterocycles. The second-order valence-electron chi connectivity index (χ2n) is 1.93. The Bertz CT molecular complexity index is 66.9. The Hall–Kier alpha value is -0.530. The summed E-state index contributed by atoms with van der Waals surface area (Å²) in [7, 11) is 3.85. The molecule has 2 heteroatoms. The van der Waals surface area contributed by atoms with E-state index < -0.39 is 0 Å². The van der Waals surface area contributed by atoms with E-state index in [2.05, 4.69) is 12.0 Å². The smallest absolute Gasteiger partial charge is 0.0244 e. The second kappa shape index (κ2) is 4.62. The second-order valence-corrected chi connectivity index (χ2v) is 1.93. The fourth-order valence-corrected chi connectivity index (χ4v) is 0.350. The molecule has 2 nitrogen and oxygen atoms in total. The minimum absolute atomic E-state index is 1.08. The first-order chi connectivity index (χ1) is 3.77. The first-order valence-corrected chi connectivity index (χ1v) is 2.97. The highest BCUT2D eigenvalue weighted by molar-refractivity contribution is 5.56. The molecule has 0 aromatic rings. The van der Waals surface area contributed by atoms with Gasteiger partial charge < -0.3 is 5.01 Å². The topological polar surface area (TPSA) is 15.6 Å². The third-order valence-corrected chi connectivity index (χ3v) is 0.730. The van der Waals surface area contributed by atoms with Gasteiger partial charge in [0.2, 0.25) is 0 Å². The van der Waals surface area contributed by atoms with Crippen LogP contribution in [0.5, 0.6) is 0 Å². The van der Waals surface area contributed by atoms with Crippen LogP contribution in [0.3, 0.4) is 0 Å². The van der Waals surface area contributed by atoms with Gasteiger partial charge in [0.25, 0.3) is 0 Å². The van der Waals surface area contributed by atoms with E-state index in [0.29, 0.717) is 0 Å². The van der Waals surface area contributed by atoms with Crippen molar-refractivity contribution in [1.29, 1.82) is 0 Å². The van der Waals surface area contributed by atoms with Crippen molar-refractivity contribution in [3.8, 4) is 0 Å². The molecule has 0 aromatic heterocycles. The highest BCUT2D eigenvalue weighted by Crippen LogP contribution is 1.81. The monoisotopic (exact) mass is 114 g/mol. The summed E-state index contributed by atoms with van der Waals surface area (Å²) in [4.78, 5) is 0. The van der Waals surface area contributed by atoms with E-state index in [1.54, 1.807) is 5.01 Å². The van der Waals surface area contributed by atoms with Crippen LogP contribution in [-0.2, 0) is 0 Å². The zero-order chi connectivity index (χ0) is 6.41. The normalized spacial score (nSPS) is 10.4. The van der Waals surface area contributed by atoms with Gasteiger partial charge in [0.05, 0.1) is 0 Å². The summed E-state index contributed by atoms with van der Waals surface area (Å²) in [5, 5.41) is 5.82. The van der Waals surface area contributed by atoms with Crippen molar-refractivity contribution in [2.24, 2.45) is 5.10 Å². The van der Waals surface area contributed by atoms with Crippen molar-refractivity contribution >= 4 is 6.21 Å². The Kier molecular flexibility index (Phi) is 4.32. The van der Waals surface area contributed by atoms with Crippen molar-refractivity contribution < 1.29 is 0 Å². The zero-order valence-electron chi connectivity index (χ0n) is 5.89. The summed E-state index contributed by atoms with van der Waals surface area (Å²) >= 11 is 0.